The van der Waals surface area contributed by atoms with Crippen molar-refractivity contribution in [3.63, 3.8) is 0 Å². The summed E-state index contributed by atoms with van der Waals surface area (Å²) in [6.07, 6.45) is 0.788. The van der Waals surface area contributed by atoms with Crippen molar-refractivity contribution < 1.29 is 4.79 Å². The first-order valence-electron chi connectivity index (χ1n) is 7.31. The van der Waals surface area contributed by atoms with E-state index in [1.165, 1.54) is 11.1 Å². The van der Waals surface area contributed by atoms with Crippen LogP contribution in [0.15, 0.2) is 54.6 Å². The third kappa shape index (κ3) is 2.62. The number of hydrogen-bond acceptors (Lipinski definition) is 1. The Kier molecular flexibility index (Phi) is 4.11. The van der Waals surface area contributed by atoms with Crippen molar-refractivity contribution in [2.24, 2.45) is 0 Å². The maximum absolute atomic E-state index is 12.6. The smallest absolute Gasteiger partial charge is 0.240 e. The highest BCUT2D eigenvalue weighted by molar-refractivity contribution is 9.10. The van der Waals surface area contributed by atoms with Gasteiger partial charge in [0.25, 0.3) is 0 Å². The van der Waals surface area contributed by atoms with Crippen LogP contribution < -0.4 is 4.90 Å². The lowest BCUT2D eigenvalue weighted by Gasteiger charge is -2.23. The number of fused-ring (bicyclic) bond motifs is 1. The zero-order valence-corrected chi connectivity index (χ0v) is 13.6. The Balaban J connectivity index is 2.15. The van der Waals surface area contributed by atoms with Crippen LogP contribution in [-0.2, 0) is 4.79 Å². The number of alkyl halides is 1. The Hall–Kier alpha value is -1.61. The van der Waals surface area contributed by atoms with Crippen LogP contribution >= 0.6 is 15.9 Å². The molecule has 2 aromatic rings. The van der Waals surface area contributed by atoms with E-state index < -0.39 is 0 Å². The van der Waals surface area contributed by atoms with Crippen molar-refractivity contribution >= 4 is 27.5 Å². The normalized spacial score (nSPS) is 21.8. The fourth-order valence-corrected chi connectivity index (χ4v) is 3.70. The van der Waals surface area contributed by atoms with Crippen LogP contribution in [0.4, 0.5) is 5.69 Å². The lowest BCUT2D eigenvalue weighted by molar-refractivity contribution is -0.117. The molecule has 0 spiro atoms. The molecular weight excluding hydrogens is 326 g/mol. The van der Waals surface area contributed by atoms with Gasteiger partial charge in [-0.1, -0.05) is 64.5 Å². The molecule has 21 heavy (non-hydrogen) atoms. The summed E-state index contributed by atoms with van der Waals surface area (Å²) in [5.74, 6) is 0.399. The average Bonchev–Trinajstić information content (AvgIpc) is 2.64. The highest BCUT2D eigenvalue weighted by Crippen LogP contribution is 2.40. The van der Waals surface area contributed by atoms with Gasteiger partial charge in [0, 0.05) is 18.2 Å². The standard InChI is InChI=1S/C18H18BrNO/c1-2-20-17-11-7-6-10-14(17)15(12-16(19)18(20)21)13-8-4-3-5-9-13/h3-11,15-16H,2,12H2,1H3. The first-order valence-corrected chi connectivity index (χ1v) is 8.23. The van der Waals surface area contributed by atoms with Crippen LogP contribution in [0.5, 0.6) is 0 Å². The predicted octanol–water partition coefficient (Wildman–Crippen LogP) is 4.34. The molecule has 0 aliphatic carbocycles. The van der Waals surface area contributed by atoms with E-state index in [9.17, 15) is 4.79 Å². The number of hydrogen-bond donors (Lipinski definition) is 0. The van der Waals surface area contributed by atoms with Gasteiger partial charge in [0.2, 0.25) is 5.91 Å². The van der Waals surface area contributed by atoms with Gasteiger partial charge in [0.1, 0.15) is 0 Å². The Morgan fingerprint density at radius 2 is 1.76 bits per heavy atom. The average molecular weight is 344 g/mol. The molecule has 108 valence electrons. The van der Waals surface area contributed by atoms with E-state index in [0.29, 0.717) is 6.54 Å². The number of carbonyl (C=O) groups is 1. The third-order valence-electron chi connectivity index (χ3n) is 4.10. The maximum atomic E-state index is 12.6. The van der Waals surface area contributed by atoms with Crippen LogP contribution in [0, 0.1) is 0 Å². The summed E-state index contributed by atoms with van der Waals surface area (Å²) in [5, 5.41) is 0. The second kappa shape index (κ2) is 6.02. The summed E-state index contributed by atoms with van der Waals surface area (Å²) in [6, 6.07) is 18.7. The summed E-state index contributed by atoms with van der Waals surface area (Å²) < 4.78 is 0. The van der Waals surface area contributed by atoms with Crippen LogP contribution in [0.25, 0.3) is 0 Å². The lowest BCUT2D eigenvalue weighted by atomic mass is 9.87. The SMILES string of the molecule is CCN1C(=O)C(Br)CC(c2ccccc2)c2ccccc21. The minimum Gasteiger partial charge on any atom is -0.311 e. The molecule has 1 amide bonds. The third-order valence-corrected chi connectivity index (χ3v) is 4.86. The van der Waals surface area contributed by atoms with E-state index in [0.717, 1.165) is 12.1 Å². The molecule has 2 aromatic carbocycles. The Morgan fingerprint density at radius 1 is 1.10 bits per heavy atom. The molecule has 3 heteroatoms. The number of anilines is 1. The van der Waals surface area contributed by atoms with Crippen molar-refractivity contribution in [1.29, 1.82) is 0 Å². The van der Waals surface area contributed by atoms with Crippen molar-refractivity contribution in [3.05, 3.63) is 65.7 Å². The second-order valence-electron chi connectivity index (χ2n) is 5.31. The predicted molar refractivity (Wildman–Crippen MR) is 90.1 cm³/mol. The molecule has 2 atom stereocenters. The van der Waals surface area contributed by atoms with Crippen molar-refractivity contribution in [2.75, 3.05) is 11.4 Å². The second-order valence-corrected chi connectivity index (χ2v) is 6.41. The van der Waals surface area contributed by atoms with Crippen LogP contribution in [-0.4, -0.2) is 17.3 Å². The van der Waals surface area contributed by atoms with E-state index in [1.54, 1.807) is 0 Å². The number of para-hydroxylation sites is 1. The topological polar surface area (TPSA) is 20.3 Å². The van der Waals surface area contributed by atoms with E-state index >= 15 is 0 Å². The van der Waals surface area contributed by atoms with Crippen LogP contribution in [0.3, 0.4) is 0 Å². The van der Waals surface area contributed by atoms with Crippen LogP contribution in [0.2, 0.25) is 0 Å². The molecule has 0 radical (unpaired) electrons. The molecule has 0 N–H and O–H groups in total. The highest BCUT2D eigenvalue weighted by atomic mass is 79.9. The monoisotopic (exact) mass is 343 g/mol. The van der Waals surface area contributed by atoms with Gasteiger partial charge in [-0.25, -0.2) is 0 Å². The van der Waals surface area contributed by atoms with Crippen LogP contribution in [0.1, 0.15) is 30.4 Å². The van der Waals surface area contributed by atoms with E-state index in [-0.39, 0.29) is 16.7 Å². The molecule has 0 saturated carbocycles. The van der Waals surface area contributed by atoms with Gasteiger partial charge in [0.05, 0.1) is 4.83 Å². The van der Waals surface area contributed by atoms with Gasteiger partial charge in [-0.3, -0.25) is 4.79 Å². The number of nitrogens with zero attached hydrogens (tertiary/aromatic N) is 1. The fraction of sp³-hybridized carbons (Fsp3) is 0.278. The van der Waals surface area contributed by atoms with E-state index in [2.05, 4.69) is 58.4 Å². The molecule has 1 aliphatic rings. The maximum Gasteiger partial charge on any atom is 0.240 e. The minimum atomic E-state index is -0.143. The first kappa shape index (κ1) is 14.3. The van der Waals surface area contributed by atoms with Crippen molar-refractivity contribution in [1.82, 2.24) is 0 Å². The zero-order valence-electron chi connectivity index (χ0n) is 12.0. The summed E-state index contributed by atoms with van der Waals surface area (Å²) in [5.41, 5.74) is 3.54. The zero-order chi connectivity index (χ0) is 14.8. The minimum absolute atomic E-state index is 0.143. The molecule has 1 heterocycles. The summed E-state index contributed by atoms with van der Waals surface area (Å²) in [6.45, 7) is 2.72. The fourth-order valence-electron chi connectivity index (χ4n) is 3.08. The van der Waals surface area contributed by atoms with Gasteiger partial charge >= 0.3 is 0 Å². The Bertz CT molecular complexity index is 641. The van der Waals surface area contributed by atoms with E-state index in [1.807, 2.05) is 24.0 Å². The van der Waals surface area contributed by atoms with E-state index in [4.69, 9.17) is 0 Å². The largest absolute Gasteiger partial charge is 0.311 e. The molecule has 0 aromatic heterocycles. The number of benzene rings is 2. The molecular formula is C18H18BrNO. The van der Waals surface area contributed by atoms with Gasteiger partial charge in [0.15, 0.2) is 0 Å². The molecule has 2 unspecified atom stereocenters. The van der Waals surface area contributed by atoms with Gasteiger partial charge in [-0.15, -0.1) is 0 Å². The van der Waals surface area contributed by atoms with Gasteiger partial charge < -0.3 is 4.90 Å². The molecule has 0 bridgehead atoms. The molecule has 2 nitrogen and oxygen atoms in total. The van der Waals surface area contributed by atoms with Crippen molar-refractivity contribution in [3.8, 4) is 0 Å². The molecule has 1 aliphatic heterocycles. The number of carbonyl (C=O) groups excluding carboxylic acids is 1. The summed E-state index contributed by atoms with van der Waals surface area (Å²) in [4.78, 5) is 14.3. The molecule has 0 saturated heterocycles. The van der Waals surface area contributed by atoms with Crippen molar-refractivity contribution in [2.45, 2.75) is 24.1 Å². The first-order chi connectivity index (χ1) is 10.2. The number of rotatable bonds is 2. The Labute approximate surface area is 133 Å². The van der Waals surface area contributed by atoms with Gasteiger partial charge in [-0.2, -0.15) is 0 Å². The van der Waals surface area contributed by atoms with Gasteiger partial charge in [-0.05, 0) is 30.5 Å². The summed E-state index contributed by atoms with van der Waals surface area (Å²) >= 11 is 3.59. The summed E-state index contributed by atoms with van der Waals surface area (Å²) in [7, 11) is 0. The molecule has 0 fully saturated rings. The number of halogens is 1. The Morgan fingerprint density at radius 3 is 2.48 bits per heavy atom. The lowest BCUT2D eigenvalue weighted by Crippen LogP contribution is -2.35. The number of amides is 1. The highest BCUT2D eigenvalue weighted by Gasteiger charge is 2.33. The quantitative estimate of drug-likeness (QED) is 0.742. The molecule has 3 rings (SSSR count).